The normalized spacial score (nSPS) is 9.83. The zero-order chi connectivity index (χ0) is 9.30. The summed E-state index contributed by atoms with van der Waals surface area (Å²) in [6.07, 6.45) is 0. The van der Waals surface area contributed by atoms with Gasteiger partial charge in [-0.3, -0.25) is 4.79 Å². The van der Waals surface area contributed by atoms with Crippen molar-refractivity contribution in [2.45, 2.75) is 0 Å². The topological polar surface area (TPSA) is 69.1 Å². The van der Waals surface area contributed by atoms with E-state index in [2.05, 4.69) is 45.2 Å². The Morgan fingerprint density at radius 2 is 1.67 bits per heavy atom. The number of hydrogen-bond acceptors (Lipinski definition) is 2. The number of amides is 1. The molecule has 1 aromatic carbocycles. The second-order valence-corrected chi connectivity index (χ2v) is 4.54. The molecule has 64 valence electrons. The zero-order valence-electron chi connectivity index (χ0n) is 5.97. The smallest absolute Gasteiger partial charge is 0.248 e. The molecule has 0 saturated heterocycles. The van der Waals surface area contributed by atoms with Crippen LogP contribution in [-0.2, 0) is 0 Å². The molecule has 0 aromatic heterocycles. The number of anilines is 1. The number of primary amides is 1. The quantitative estimate of drug-likeness (QED) is 0.567. The largest absolute Gasteiger partial charge is 0.397 e. The summed E-state index contributed by atoms with van der Waals surface area (Å²) in [5.41, 5.74) is 12.0. The van der Waals surface area contributed by atoms with Gasteiger partial charge in [0.2, 0.25) is 5.91 Å². The fraction of sp³-hybridized carbons (Fsp3) is 0. The molecule has 0 heterocycles. The van der Waals surface area contributed by atoms with Gasteiger partial charge in [0.05, 0.1) is 5.69 Å². The van der Waals surface area contributed by atoms with Crippen LogP contribution < -0.4 is 11.5 Å². The third-order valence-corrected chi connectivity index (χ3v) is 3.15. The molecular weight excluding hydrogens is 382 g/mol. The van der Waals surface area contributed by atoms with Gasteiger partial charge >= 0.3 is 0 Å². The molecule has 0 radical (unpaired) electrons. The summed E-state index contributed by atoms with van der Waals surface area (Å²) < 4.78 is 1.71. The van der Waals surface area contributed by atoms with Crippen LogP contribution in [0.25, 0.3) is 0 Å². The lowest BCUT2D eigenvalue weighted by Gasteiger charge is -2.03. The molecule has 0 saturated carbocycles. The van der Waals surface area contributed by atoms with Gasteiger partial charge in [0.1, 0.15) is 0 Å². The summed E-state index contributed by atoms with van der Waals surface area (Å²) in [7, 11) is 0. The second-order valence-electron chi connectivity index (χ2n) is 2.22. The Balaban J connectivity index is 3.31. The first kappa shape index (κ1) is 10.0. The highest BCUT2D eigenvalue weighted by atomic mass is 127. The van der Waals surface area contributed by atoms with Crippen LogP contribution in [0.1, 0.15) is 10.4 Å². The summed E-state index contributed by atoms with van der Waals surface area (Å²) in [6.45, 7) is 0. The maximum Gasteiger partial charge on any atom is 0.248 e. The Hall–Kier alpha value is -0.0500. The Labute approximate surface area is 97.2 Å². The molecule has 1 aromatic rings. The fourth-order valence-electron chi connectivity index (χ4n) is 0.727. The van der Waals surface area contributed by atoms with Gasteiger partial charge in [-0.25, -0.2) is 0 Å². The fourth-order valence-corrected chi connectivity index (χ4v) is 2.49. The summed E-state index contributed by atoms with van der Waals surface area (Å²) >= 11 is 4.14. The summed E-state index contributed by atoms with van der Waals surface area (Å²) in [6, 6.07) is 3.36. The molecule has 0 spiro atoms. The lowest BCUT2D eigenvalue weighted by Crippen LogP contribution is -2.12. The van der Waals surface area contributed by atoms with Crippen molar-refractivity contribution in [1.82, 2.24) is 0 Å². The van der Waals surface area contributed by atoms with Crippen molar-refractivity contribution in [3.8, 4) is 0 Å². The first-order valence-corrected chi connectivity index (χ1v) is 5.22. The van der Waals surface area contributed by atoms with Gasteiger partial charge in [-0.05, 0) is 57.3 Å². The number of carbonyl (C=O) groups is 1. The minimum Gasteiger partial charge on any atom is -0.397 e. The molecule has 0 bridgehead atoms. The van der Waals surface area contributed by atoms with Crippen LogP contribution in [0.5, 0.6) is 0 Å². The average Bonchev–Trinajstić information content (AvgIpc) is 1.99. The highest BCUT2D eigenvalue weighted by molar-refractivity contribution is 14.1. The van der Waals surface area contributed by atoms with Crippen molar-refractivity contribution in [1.29, 1.82) is 0 Å². The molecule has 1 rings (SSSR count). The molecule has 0 atom stereocenters. The van der Waals surface area contributed by atoms with E-state index in [0.717, 1.165) is 7.14 Å². The van der Waals surface area contributed by atoms with E-state index < -0.39 is 5.91 Å². The Morgan fingerprint density at radius 1 is 1.25 bits per heavy atom. The van der Waals surface area contributed by atoms with E-state index in [1.165, 1.54) is 0 Å². The van der Waals surface area contributed by atoms with Crippen molar-refractivity contribution >= 4 is 56.8 Å². The summed E-state index contributed by atoms with van der Waals surface area (Å²) in [5, 5.41) is 0. The van der Waals surface area contributed by atoms with E-state index in [0.29, 0.717) is 11.3 Å². The molecular formula is C7H6I2N2O. The molecule has 0 unspecified atom stereocenters. The first-order valence-electron chi connectivity index (χ1n) is 3.06. The molecule has 0 fully saturated rings. The van der Waals surface area contributed by atoms with Crippen molar-refractivity contribution in [3.63, 3.8) is 0 Å². The summed E-state index contributed by atoms with van der Waals surface area (Å²) in [5.74, 6) is -0.425. The van der Waals surface area contributed by atoms with E-state index in [-0.39, 0.29) is 0 Å². The molecule has 0 aliphatic heterocycles. The van der Waals surface area contributed by atoms with Crippen LogP contribution in [0.4, 0.5) is 5.69 Å². The van der Waals surface area contributed by atoms with Crippen LogP contribution >= 0.6 is 45.2 Å². The van der Waals surface area contributed by atoms with Gasteiger partial charge in [-0.2, -0.15) is 0 Å². The van der Waals surface area contributed by atoms with Crippen LogP contribution in [0.2, 0.25) is 0 Å². The average molecular weight is 388 g/mol. The van der Waals surface area contributed by atoms with E-state index in [1.807, 2.05) is 0 Å². The minimum absolute atomic E-state index is 0.425. The molecule has 4 N–H and O–H groups in total. The highest BCUT2D eigenvalue weighted by Crippen LogP contribution is 2.23. The molecule has 1 amide bonds. The van der Waals surface area contributed by atoms with Crippen LogP contribution in [-0.4, -0.2) is 5.91 Å². The molecule has 0 aliphatic rings. The van der Waals surface area contributed by atoms with Crippen LogP contribution in [0.15, 0.2) is 12.1 Å². The van der Waals surface area contributed by atoms with E-state index in [9.17, 15) is 4.79 Å². The van der Waals surface area contributed by atoms with Crippen molar-refractivity contribution < 1.29 is 4.79 Å². The van der Waals surface area contributed by atoms with Crippen molar-refractivity contribution in [2.24, 2.45) is 5.73 Å². The molecule has 12 heavy (non-hydrogen) atoms. The Morgan fingerprint density at radius 3 is 2.00 bits per heavy atom. The monoisotopic (exact) mass is 388 g/mol. The van der Waals surface area contributed by atoms with Gasteiger partial charge in [0.25, 0.3) is 0 Å². The zero-order valence-corrected chi connectivity index (χ0v) is 10.3. The number of hydrogen-bond donors (Lipinski definition) is 2. The predicted octanol–water partition coefficient (Wildman–Crippen LogP) is 1.58. The van der Waals surface area contributed by atoms with E-state index >= 15 is 0 Å². The Bertz CT molecular complexity index is 315. The number of nitrogens with two attached hydrogens (primary N) is 2. The van der Waals surface area contributed by atoms with Crippen molar-refractivity contribution in [3.05, 3.63) is 24.8 Å². The lowest BCUT2D eigenvalue weighted by atomic mass is 10.2. The molecule has 3 nitrogen and oxygen atoms in total. The SMILES string of the molecule is NC(=O)c1cc(I)c(N)c(I)c1. The predicted molar refractivity (Wildman–Crippen MR) is 64.8 cm³/mol. The van der Waals surface area contributed by atoms with Gasteiger partial charge in [-0.1, -0.05) is 0 Å². The minimum atomic E-state index is -0.425. The van der Waals surface area contributed by atoms with E-state index in [1.54, 1.807) is 12.1 Å². The molecule has 5 heteroatoms. The van der Waals surface area contributed by atoms with Gasteiger partial charge in [-0.15, -0.1) is 0 Å². The standard InChI is InChI=1S/C7H6I2N2O/c8-4-1-3(7(11)12)2-5(9)6(4)10/h1-2H,10H2,(H2,11,12). The van der Waals surface area contributed by atoms with Crippen LogP contribution in [0.3, 0.4) is 0 Å². The third-order valence-electron chi connectivity index (χ3n) is 1.36. The molecule has 0 aliphatic carbocycles. The summed E-state index contributed by atoms with van der Waals surface area (Å²) in [4.78, 5) is 10.8. The second kappa shape index (κ2) is 3.77. The number of halogens is 2. The Kier molecular flexibility index (Phi) is 3.16. The van der Waals surface area contributed by atoms with E-state index in [4.69, 9.17) is 11.5 Å². The maximum atomic E-state index is 10.8. The number of rotatable bonds is 1. The number of nitrogen functional groups attached to an aromatic ring is 1. The lowest BCUT2D eigenvalue weighted by molar-refractivity contribution is 0.1000. The first-order chi connectivity index (χ1) is 5.52. The van der Waals surface area contributed by atoms with Gasteiger partial charge in [0.15, 0.2) is 0 Å². The highest BCUT2D eigenvalue weighted by Gasteiger charge is 2.06. The van der Waals surface area contributed by atoms with Crippen LogP contribution in [0, 0.1) is 7.14 Å². The van der Waals surface area contributed by atoms with Crippen molar-refractivity contribution in [2.75, 3.05) is 5.73 Å². The van der Waals surface area contributed by atoms with Gasteiger partial charge < -0.3 is 11.5 Å². The number of carbonyl (C=O) groups excluding carboxylic acids is 1. The third kappa shape index (κ3) is 2.00. The maximum absolute atomic E-state index is 10.8. The van der Waals surface area contributed by atoms with Gasteiger partial charge in [0, 0.05) is 12.7 Å². The number of benzene rings is 1.